The molecule has 0 fully saturated rings. The second-order valence-electron chi connectivity index (χ2n) is 3.35. The van der Waals surface area contributed by atoms with Gasteiger partial charge >= 0.3 is 0 Å². The fraction of sp³-hybridized carbons (Fsp3) is 0.818. The van der Waals surface area contributed by atoms with Crippen molar-refractivity contribution in [3.8, 4) is 12.3 Å². The van der Waals surface area contributed by atoms with Gasteiger partial charge in [-0.2, -0.15) is 0 Å². The number of rotatable bonds is 7. The minimum Gasteiger partial charge on any atom is -0.329 e. The van der Waals surface area contributed by atoms with Gasteiger partial charge in [-0.15, -0.1) is 6.42 Å². The van der Waals surface area contributed by atoms with E-state index in [1.807, 2.05) is 0 Å². The van der Waals surface area contributed by atoms with Crippen LogP contribution in [-0.4, -0.2) is 30.6 Å². The monoisotopic (exact) mass is 182 g/mol. The molecule has 0 saturated carbocycles. The second-order valence-corrected chi connectivity index (χ2v) is 3.35. The molecule has 1 unspecified atom stereocenters. The Hall–Kier alpha value is -0.520. The first-order valence-electron chi connectivity index (χ1n) is 5.17. The van der Waals surface area contributed by atoms with Crippen LogP contribution >= 0.6 is 0 Å². The molecule has 2 N–H and O–H groups in total. The second kappa shape index (κ2) is 8.10. The van der Waals surface area contributed by atoms with E-state index < -0.39 is 0 Å². The summed E-state index contributed by atoms with van der Waals surface area (Å²) >= 11 is 0. The number of terminal acetylenes is 1. The molecular weight excluding hydrogens is 160 g/mol. The van der Waals surface area contributed by atoms with E-state index in [4.69, 9.17) is 12.2 Å². The summed E-state index contributed by atoms with van der Waals surface area (Å²) < 4.78 is 0. The molecule has 0 aliphatic rings. The van der Waals surface area contributed by atoms with Gasteiger partial charge in [0.1, 0.15) is 0 Å². The topological polar surface area (TPSA) is 29.3 Å². The van der Waals surface area contributed by atoms with Crippen LogP contribution in [0.15, 0.2) is 0 Å². The quantitative estimate of drug-likeness (QED) is 0.604. The third-order valence-electron chi connectivity index (χ3n) is 2.22. The number of hydrogen-bond acceptors (Lipinski definition) is 2. The van der Waals surface area contributed by atoms with Crippen LogP contribution in [0.3, 0.4) is 0 Å². The molecule has 2 nitrogen and oxygen atoms in total. The van der Waals surface area contributed by atoms with Crippen LogP contribution in [0, 0.1) is 12.3 Å². The minimum atomic E-state index is 0.473. The van der Waals surface area contributed by atoms with Crippen LogP contribution < -0.4 is 5.73 Å². The van der Waals surface area contributed by atoms with Gasteiger partial charge in [-0.3, -0.25) is 4.90 Å². The highest BCUT2D eigenvalue weighted by molar-refractivity contribution is 4.90. The largest absolute Gasteiger partial charge is 0.329 e. The van der Waals surface area contributed by atoms with Crippen LogP contribution in [0.2, 0.25) is 0 Å². The molecule has 0 bridgehead atoms. The predicted molar refractivity (Wildman–Crippen MR) is 58.4 cm³/mol. The molecule has 2 heteroatoms. The maximum Gasteiger partial charge on any atom is 0.0601 e. The average Bonchev–Trinajstić information content (AvgIpc) is 2.14. The molecular formula is C11H22N2. The SMILES string of the molecule is C#CCN(CCC)C(CN)CCC. The van der Waals surface area contributed by atoms with Crippen molar-refractivity contribution >= 4 is 0 Å². The van der Waals surface area contributed by atoms with Gasteiger partial charge in [0.05, 0.1) is 6.54 Å². The van der Waals surface area contributed by atoms with E-state index in [2.05, 4.69) is 24.7 Å². The van der Waals surface area contributed by atoms with Crippen molar-refractivity contribution in [2.24, 2.45) is 5.73 Å². The normalized spacial score (nSPS) is 12.8. The zero-order valence-electron chi connectivity index (χ0n) is 8.92. The zero-order valence-corrected chi connectivity index (χ0v) is 8.92. The van der Waals surface area contributed by atoms with Gasteiger partial charge in [0.25, 0.3) is 0 Å². The van der Waals surface area contributed by atoms with Gasteiger partial charge in [0.2, 0.25) is 0 Å². The van der Waals surface area contributed by atoms with Gasteiger partial charge in [-0.1, -0.05) is 26.2 Å². The third kappa shape index (κ3) is 4.92. The Morgan fingerprint density at radius 3 is 2.46 bits per heavy atom. The Bertz CT molecular complexity index is 149. The molecule has 76 valence electrons. The summed E-state index contributed by atoms with van der Waals surface area (Å²) in [4.78, 5) is 2.31. The Labute approximate surface area is 82.5 Å². The highest BCUT2D eigenvalue weighted by Crippen LogP contribution is 2.05. The summed E-state index contributed by atoms with van der Waals surface area (Å²) in [6.45, 7) is 6.86. The molecule has 0 aromatic rings. The van der Waals surface area contributed by atoms with E-state index >= 15 is 0 Å². The summed E-state index contributed by atoms with van der Waals surface area (Å²) in [5.74, 6) is 2.70. The Morgan fingerprint density at radius 1 is 1.38 bits per heavy atom. The van der Waals surface area contributed by atoms with Gasteiger partial charge in [-0.25, -0.2) is 0 Å². The van der Waals surface area contributed by atoms with Gasteiger partial charge in [0, 0.05) is 12.6 Å². The smallest absolute Gasteiger partial charge is 0.0601 e. The number of nitrogens with zero attached hydrogens (tertiary/aromatic N) is 1. The van der Waals surface area contributed by atoms with Crippen LogP contribution in [0.25, 0.3) is 0 Å². The van der Waals surface area contributed by atoms with E-state index in [-0.39, 0.29) is 0 Å². The standard InChI is InChI=1S/C11H22N2/c1-4-7-11(10-12)13(8-5-2)9-6-3/h2,11H,4,6-10,12H2,1,3H3. The van der Waals surface area contributed by atoms with Crippen molar-refractivity contribution < 1.29 is 0 Å². The van der Waals surface area contributed by atoms with Gasteiger partial charge in [-0.05, 0) is 19.4 Å². The summed E-state index contributed by atoms with van der Waals surface area (Å²) in [6.07, 6.45) is 8.78. The molecule has 0 spiro atoms. The first-order valence-corrected chi connectivity index (χ1v) is 5.17. The first-order chi connectivity index (χ1) is 6.29. The molecule has 1 atom stereocenters. The van der Waals surface area contributed by atoms with Crippen molar-refractivity contribution in [3.63, 3.8) is 0 Å². The lowest BCUT2D eigenvalue weighted by Gasteiger charge is -2.28. The van der Waals surface area contributed by atoms with Crippen molar-refractivity contribution in [3.05, 3.63) is 0 Å². The summed E-state index contributed by atoms with van der Waals surface area (Å²) in [5, 5.41) is 0. The minimum absolute atomic E-state index is 0.473. The van der Waals surface area contributed by atoms with E-state index in [1.54, 1.807) is 0 Å². The molecule has 0 aliphatic carbocycles. The van der Waals surface area contributed by atoms with E-state index in [0.717, 1.165) is 32.5 Å². The fourth-order valence-corrected chi connectivity index (χ4v) is 1.58. The highest BCUT2D eigenvalue weighted by Gasteiger charge is 2.13. The van der Waals surface area contributed by atoms with Gasteiger partial charge < -0.3 is 5.73 Å². The lowest BCUT2D eigenvalue weighted by Crippen LogP contribution is -2.41. The predicted octanol–water partition coefficient (Wildman–Crippen LogP) is 1.46. The maximum absolute atomic E-state index is 5.71. The molecule has 0 aromatic carbocycles. The molecule has 0 saturated heterocycles. The number of nitrogens with two attached hydrogens (primary N) is 1. The van der Waals surface area contributed by atoms with Crippen molar-refractivity contribution in [2.45, 2.75) is 39.2 Å². The summed E-state index contributed by atoms with van der Waals surface area (Å²) in [6, 6.07) is 0.473. The lowest BCUT2D eigenvalue weighted by atomic mass is 10.1. The fourth-order valence-electron chi connectivity index (χ4n) is 1.58. The van der Waals surface area contributed by atoms with Crippen molar-refractivity contribution in [1.29, 1.82) is 0 Å². The third-order valence-corrected chi connectivity index (χ3v) is 2.22. The van der Waals surface area contributed by atoms with Crippen molar-refractivity contribution in [2.75, 3.05) is 19.6 Å². The summed E-state index contributed by atoms with van der Waals surface area (Å²) in [5.41, 5.74) is 5.71. The molecule has 0 aromatic heterocycles. The van der Waals surface area contributed by atoms with E-state index in [9.17, 15) is 0 Å². The van der Waals surface area contributed by atoms with E-state index in [1.165, 1.54) is 6.42 Å². The van der Waals surface area contributed by atoms with Crippen molar-refractivity contribution in [1.82, 2.24) is 4.90 Å². The molecule has 0 amide bonds. The van der Waals surface area contributed by atoms with E-state index in [0.29, 0.717) is 6.04 Å². The summed E-state index contributed by atoms with van der Waals surface area (Å²) in [7, 11) is 0. The zero-order chi connectivity index (χ0) is 10.1. The Kier molecular flexibility index (Phi) is 7.77. The molecule has 0 radical (unpaired) electrons. The molecule has 13 heavy (non-hydrogen) atoms. The highest BCUT2D eigenvalue weighted by atomic mass is 15.2. The average molecular weight is 182 g/mol. The Balaban J connectivity index is 4.04. The maximum atomic E-state index is 5.71. The van der Waals surface area contributed by atoms with Crippen LogP contribution in [0.4, 0.5) is 0 Å². The van der Waals surface area contributed by atoms with Crippen LogP contribution in [0.5, 0.6) is 0 Å². The molecule has 0 rings (SSSR count). The first kappa shape index (κ1) is 12.5. The van der Waals surface area contributed by atoms with Crippen LogP contribution in [-0.2, 0) is 0 Å². The van der Waals surface area contributed by atoms with Gasteiger partial charge in [0.15, 0.2) is 0 Å². The Morgan fingerprint density at radius 2 is 2.08 bits per heavy atom. The molecule has 0 heterocycles. The molecule has 0 aliphatic heterocycles. The lowest BCUT2D eigenvalue weighted by molar-refractivity contribution is 0.214. The van der Waals surface area contributed by atoms with Crippen LogP contribution in [0.1, 0.15) is 33.1 Å². The number of hydrogen-bond donors (Lipinski definition) is 1.